The summed E-state index contributed by atoms with van der Waals surface area (Å²) in [5.74, 6) is 1.34. The number of aryl methyl sites for hydroxylation is 2. The summed E-state index contributed by atoms with van der Waals surface area (Å²) >= 11 is 1.72. The lowest BCUT2D eigenvalue weighted by atomic mass is 9.85. The SMILES string of the molecule is CCn1c(-c2nc3cc(C(=O)N(C)C4CC(NC(=O)OC(C)(C)C)C4)cc(OC)c3n2C)cc2ccsc21. The summed E-state index contributed by atoms with van der Waals surface area (Å²) < 4.78 is 15.4. The Labute approximate surface area is 226 Å². The molecule has 0 spiro atoms. The van der Waals surface area contributed by atoms with E-state index >= 15 is 0 Å². The van der Waals surface area contributed by atoms with Gasteiger partial charge in [-0.15, -0.1) is 11.3 Å². The Morgan fingerprint density at radius 2 is 1.97 bits per heavy atom. The number of hydrogen-bond acceptors (Lipinski definition) is 6. The number of amides is 2. The maximum absolute atomic E-state index is 13.5. The molecule has 0 bridgehead atoms. The number of alkyl carbamates (subject to hydrolysis) is 1. The van der Waals surface area contributed by atoms with E-state index in [1.807, 2.05) is 38.5 Å². The molecule has 3 aromatic heterocycles. The van der Waals surface area contributed by atoms with Gasteiger partial charge in [0.05, 0.1) is 18.3 Å². The summed E-state index contributed by atoms with van der Waals surface area (Å²) in [6, 6.07) is 7.95. The van der Waals surface area contributed by atoms with Gasteiger partial charge in [-0.25, -0.2) is 9.78 Å². The number of imidazole rings is 1. The molecule has 2 amide bonds. The van der Waals surface area contributed by atoms with Crippen molar-refractivity contribution in [1.82, 2.24) is 24.3 Å². The molecule has 202 valence electrons. The molecular formula is C28H35N5O4S. The minimum atomic E-state index is -0.543. The van der Waals surface area contributed by atoms with E-state index in [-0.39, 0.29) is 18.0 Å². The molecule has 0 saturated heterocycles. The number of methoxy groups -OCH3 is 1. The third kappa shape index (κ3) is 4.62. The number of carbonyl (C=O) groups excluding carboxylic acids is 2. The van der Waals surface area contributed by atoms with Crippen LogP contribution in [-0.2, 0) is 18.3 Å². The van der Waals surface area contributed by atoms with Gasteiger partial charge < -0.3 is 28.8 Å². The molecule has 9 nitrogen and oxygen atoms in total. The topological polar surface area (TPSA) is 90.6 Å². The van der Waals surface area contributed by atoms with Gasteiger partial charge in [0.15, 0.2) is 5.82 Å². The summed E-state index contributed by atoms with van der Waals surface area (Å²) in [4.78, 5) is 33.5. The molecule has 38 heavy (non-hydrogen) atoms. The van der Waals surface area contributed by atoms with Gasteiger partial charge in [-0.1, -0.05) is 0 Å². The van der Waals surface area contributed by atoms with Crippen molar-refractivity contribution >= 4 is 44.6 Å². The highest BCUT2D eigenvalue weighted by Crippen LogP contribution is 2.36. The predicted molar refractivity (Wildman–Crippen MR) is 150 cm³/mol. The van der Waals surface area contributed by atoms with Crippen LogP contribution in [0.4, 0.5) is 4.79 Å². The second-order valence-electron chi connectivity index (χ2n) is 10.9. The van der Waals surface area contributed by atoms with Crippen LogP contribution in [0.15, 0.2) is 29.6 Å². The Morgan fingerprint density at radius 1 is 1.24 bits per heavy atom. The molecule has 1 saturated carbocycles. The van der Waals surface area contributed by atoms with Crippen LogP contribution < -0.4 is 10.1 Å². The first-order valence-corrected chi connectivity index (χ1v) is 13.8. The molecule has 3 heterocycles. The number of thiophene rings is 1. The number of carbonyl (C=O) groups is 2. The zero-order valence-electron chi connectivity index (χ0n) is 23.0. The Balaban J connectivity index is 1.38. The quantitative estimate of drug-likeness (QED) is 0.355. The summed E-state index contributed by atoms with van der Waals surface area (Å²) in [7, 11) is 5.40. The summed E-state index contributed by atoms with van der Waals surface area (Å²) in [6.45, 7) is 8.47. The van der Waals surface area contributed by atoms with Gasteiger partial charge in [0, 0.05) is 43.7 Å². The van der Waals surface area contributed by atoms with Gasteiger partial charge in [-0.2, -0.15) is 0 Å². The first-order valence-electron chi connectivity index (χ1n) is 12.9. The van der Waals surface area contributed by atoms with E-state index in [9.17, 15) is 9.59 Å². The number of nitrogens with one attached hydrogen (secondary N) is 1. The second-order valence-corrected chi connectivity index (χ2v) is 11.8. The van der Waals surface area contributed by atoms with Crippen LogP contribution in [0, 0.1) is 0 Å². The Morgan fingerprint density at radius 3 is 2.63 bits per heavy atom. The van der Waals surface area contributed by atoms with E-state index in [0.29, 0.717) is 29.7 Å². The van der Waals surface area contributed by atoms with Gasteiger partial charge in [0.2, 0.25) is 0 Å². The third-order valence-electron chi connectivity index (χ3n) is 7.15. The van der Waals surface area contributed by atoms with E-state index in [1.165, 1.54) is 10.2 Å². The molecule has 1 fully saturated rings. The van der Waals surface area contributed by atoms with E-state index in [1.54, 1.807) is 36.5 Å². The third-order valence-corrected chi connectivity index (χ3v) is 8.10. The van der Waals surface area contributed by atoms with Crippen LogP contribution in [0.5, 0.6) is 5.75 Å². The van der Waals surface area contributed by atoms with Crippen LogP contribution >= 0.6 is 11.3 Å². The largest absolute Gasteiger partial charge is 0.494 e. The lowest BCUT2D eigenvalue weighted by Crippen LogP contribution is -2.54. The van der Waals surface area contributed by atoms with Crippen LogP contribution in [0.1, 0.15) is 50.9 Å². The first kappa shape index (κ1) is 26.1. The highest BCUT2D eigenvalue weighted by atomic mass is 32.1. The number of hydrogen-bond donors (Lipinski definition) is 1. The highest BCUT2D eigenvalue weighted by Gasteiger charge is 2.36. The Bertz CT molecular complexity index is 1520. The summed E-state index contributed by atoms with van der Waals surface area (Å²) in [6.07, 6.45) is 0.935. The molecule has 10 heteroatoms. The van der Waals surface area contributed by atoms with Gasteiger partial charge in [0.25, 0.3) is 5.91 Å². The lowest BCUT2D eigenvalue weighted by molar-refractivity contribution is 0.0398. The number of rotatable bonds is 6. The highest BCUT2D eigenvalue weighted by molar-refractivity contribution is 7.16. The van der Waals surface area contributed by atoms with Crippen molar-refractivity contribution in [2.45, 2.75) is 64.8 Å². The minimum absolute atomic E-state index is 0.00935. The molecule has 5 rings (SSSR count). The van der Waals surface area contributed by atoms with Crippen molar-refractivity contribution in [2.24, 2.45) is 7.05 Å². The van der Waals surface area contributed by atoms with Gasteiger partial charge in [-0.05, 0) is 70.2 Å². The van der Waals surface area contributed by atoms with Crippen LogP contribution in [0.25, 0.3) is 32.8 Å². The molecule has 0 radical (unpaired) electrons. The molecule has 1 aromatic carbocycles. The Kier molecular flexibility index (Phi) is 6.63. The minimum Gasteiger partial charge on any atom is -0.494 e. The first-order chi connectivity index (χ1) is 18.0. The number of fused-ring (bicyclic) bond motifs is 2. The van der Waals surface area contributed by atoms with Crippen LogP contribution in [0.2, 0.25) is 0 Å². The van der Waals surface area contributed by atoms with Gasteiger partial charge in [0.1, 0.15) is 21.7 Å². The molecular weight excluding hydrogens is 502 g/mol. The maximum atomic E-state index is 13.5. The van der Waals surface area contributed by atoms with E-state index in [4.69, 9.17) is 14.5 Å². The molecule has 1 aliphatic carbocycles. The van der Waals surface area contributed by atoms with Crippen molar-refractivity contribution in [3.63, 3.8) is 0 Å². The summed E-state index contributed by atoms with van der Waals surface area (Å²) in [5, 5.41) is 6.19. The molecule has 4 aromatic rings. The van der Waals surface area contributed by atoms with Crippen LogP contribution in [0.3, 0.4) is 0 Å². The monoisotopic (exact) mass is 537 g/mol. The predicted octanol–water partition coefficient (Wildman–Crippen LogP) is 5.41. The standard InChI is InChI=1S/C28H35N5O4S/c1-8-33-21(12-16-9-10-38-26(16)33)24-30-20-11-17(13-22(36-7)23(20)32(24)6)25(34)31(5)19-14-18(15-19)29-27(35)37-28(2,3)4/h9-13,18-19H,8,14-15H2,1-7H3,(H,29,35). The number of ether oxygens (including phenoxy) is 2. The second kappa shape index (κ2) is 9.65. The zero-order valence-corrected chi connectivity index (χ0v) is 23.8. The smallest absolute Gasteiger partial charge is 0.407 e. The normalized spacial score (nSPS) is 17.4. The van der Waals surface area contributed by atoms with E-state index < -0.39 is 11.7 Å². The molecule has 0 unspecified atom stereocenters. The Hall–Kier alpha value is -3.53. The van der Waals surface area contributed by atoms with Crippen molar-refractivity contribution in [2.75, 3.05) is 14.2 Å². The van der Waals surface area contributed by atoms with Crippen molar-refractivity contribution in [1.29, 1.82) is 0 Å². The van der Waals surface area contributed by atoms with Crippen LogP contribution in [-0.4, -0.2) is 62.9 Å². The van der Waals surface area contributed by atoms with Crippen molar-refractivity contribution < 1.29 is 19.1 Å². The van der Waals surface area contributed by atoms with Crippen molar-refractivity contribution in [3.8, 4) is 17.3 Å². The zero-order chi connectivity index (χ0) is 27.4. The van der Waals surface area contributed by atoms with Crippen molar-refractivity contribution in [3.05, 3.63) is 35.2 Å². The number of benzene rings is 1. The van der Waals surface area contributed by atoms with E-state index in [0.717, 1.165) is 23.6 Å². The lowest BCUT2D eigenvalue weighted by Gasteiger charge is -2.41. The number of nitrogens with zero attached hydrogens (tertiary/aromatic N) is 4. The van der Waals surface area contributed by atoms with Gasteiger partial charge >= 0.3 is 6.09 Å². The average molecular weight is 538 g/mol. The molecule has 0 atom stereocenters. The maximum Gasteiger partial charge on any atom is 0.407 e. The van der Waals surface area contributed by atoms with E-state index in [2.05, 4.69) is 34.3 Å². The fourth-order valence-corrected chi connectivity index (χ4v) is 6.12. The number of aromatic nitrogens is 3. The fourth-order valence-electron chi connectivity index (χ4n) is 5.16. The molecule has 1 aliphatic rings. The molecule has 0 aliphatic heterocycles. The van der Waals surface area contributed by atoms with Gasteiger partial charge in [-0.3, -0.25) is 4.79 Å². The molecule has 1 N–H and O–H groups in total. The average Bonchev–Trinajstić information content (AvgIpc) is 3.51. The fraction of sp³-hybridized carbons (Fsp3) is 0.464. The summed E-state index contributed by atoms with van der Waals surface area (Å²) in [5.41, 5.74) is 2.58.